The number of unbranched alkanes of at least 4 members (excludes halogenated alkanes) is 1. The monoisotopic (exact) mass is 251 g/mol. The summed E-state index contributed by atoms with van der Waals surface area (Å²) in [4.78, 5) is 4.34. The maximum Gasteiger partial charge on any atom is 0.108 e. The zero-order valence-electron chi connectivity index (χ0n) is 11.4. The van der Waals surface area contributed by atoms with Gasteiger partial charge in [0.2, 0.25) is 0 Å². The van der Waals surface area contributed by atoms with Crippen LogP contribution in [0.2, 0.25) is 0 Å². The van der Waals surface area contributed by atoms with Crippen LogP contribution < -0.4 is 5.32 Å². The summed E-state index contributed by atoms with van der Waals surface area (Å²) in [6, 6.07) is 0.679. The minimum atomic E-state index is 0.679. The highest BCUT2D eigenvalue weighted by molar-refractivity contribution is 4.91. The summed E-state index contributed by atoms with van der Waals surface area (Å²) in [5, 5.41) is 3.63. The van der Waals surface area contributed by atoms with Gasteiger partial charge in [-0.25, -0.2) is 4.98 Å². The third-order valence-electron chi connectivity index (χ3n) is 3.60. The van der Waals surface area contributed by atoms with Crippen LogP contribution >= 0.6 is 0 Å². The Labute approximate surface area is 110 Å². The quantitative estimate of drug-likeness (QED) is 0.753. The SMILES string of the molecule is CCc1nccn1CCCCNC1CCOCC1. The first-order chi connectivity index (χ1) is 8.90. The molecule has 0 unspecified atom stereocenters. The van der Waals surface area contributed by atoms with Crippen LogP contribution in [0.3, 0.4) is 0 Å². The molecule has 2 heterocycles. The van der Waals surface area contributed by atoms with Gasteiger partial charge in [0.05, 0.1) is 0 Å². The molecule has 0 atom stereocenters. The van der Waals surface area contributed by atoms with E-state index in [1.54, 1.807) is 0 Å². The molecule has 0 aliphatic carbocycles. The zero-order valence-corrected chi connectivity index (χ0v) is 11.4. The minimum absolute atomic E-state index is 0.679. The number of nitrogens with one attached hydrogen (secondary N) is 1. The van der Waals surface area contributed by atoms with Gasteiger partial charge in [-0.1, -0.05) is 6.92 Å². The summed E-state index contributed by atoms with van der Waals surface area (Å²) < 4.78 is 7.62. The minimum Gasteiger partial charge on any atom is -0.381 e. The third kappa shape index (κ3) is 4.10. The van der Waals surface area contributed by atoms with Gasteiger partial charge >= 0.3 is 0 Å². The highest BCUT2D eigenvalue weighted by atomic mass is 16.5. The van der Waals surface area contributed by atoms with Gasteiger partial charge in [0.25, 0.3) is 0 Å². The Morgan fingerprint density at radius 2 is 2.22 bits per heavy atom. The lowest BCUT2D eigenvalue weighted by atomic mass is 10.1. The Bertz CT molecular complexity index is 332. The highest BCUT2D eigenvalue weighted by Crippen LogP contribution is 2.06. The number of aryl methyl sites for hydroxylation is 2. The van der Waals surface area contributed by atoms with Crippen molar-refractivity contribution >= 4 is 0 Å². The van der Waals surface area contributed by atoms with Crippen molar-refractivity contribution in [3.63, 3.8) is 0 Å². The van der Waals surface area contributed by atoms with E-state index in [-0.39, 0.29) is 0 Å². The number of nitrogens with zero attached hydrogens (tertiary/aromatic N) is 2. The van der Waals surface area contributed by atoms with E-state index < -0.39 is 0 Å². The summed E-state index contributed by atoms with van der Waals surface area (Å²) in [6.45, 7) is 6.23. The summed E-state index contributed by atoms with van der Waals surface area (Å²) >= 11 is 0. The second kappa shape index (κ2) is 7.54. The second-order valence-corrected chi connectivity index (χ2v) is 4.94. The molecule has 0 saturated carbocycles. The summed E-state index contributed by atoms with van der Waals surface area (Å²) in [7, 11) is 0. The van der Waals surface area contributed by atoms with Crippen LogP contribution in [0.4, 0.5) is 0 Å². The molecule has 0 bridgehead atoms. The van der Waals surface area contributed by atoms with E-state index in [9.17, 15) is 0 Å². The molecule has 0 spiro atoms. The maximum atomic E-state index is 5.35. The van der Waals surface area contributed by atoms with Gasteiger partial charge in [-0.3, -0.25) is 0 Å². The Hall–Kier alpha value is -0.870. The van der Waals surface area contributed by atoms with Gasteiger partial charge in [0.15, 0.2) is 0 Å². The van der Waals surface area contributed by atoms with E-state index in [2.05, 4.69) is 28.0 Å². The lowest BCUT2D eigenvalue weighted by Crippen LogP contribution is -2.35. The first kappa shape index (κ1) is 13.6. The highest BCUT2D eigenvalue weighted by Gasteiger charge is 2.11. The normalized spacial score (nSPS) is 17.2. The van der Waals surface area contributed by atoms with E-state index in [1.807, 2.05) is 6.20 Å². The number of rotatable bonds is 7. The molecule has 1 N–H and O–H groups in total. The Morgan fingerprint density at radius 1 is 1.39 bits per heavy atom. The third-order valence-corrected chi connectivity index (χ3v) is 3.60. The van der Waals surface area contributed by atoms with Crippen LogP contribution in [0.25, 0.3) is 0 Å². The van der Waals surface area contributed by atoms with Crippen molar-refractivity contribution in [3.05, 3.63) is 18.2 Å². The number of hydrogen-bond acceptors (Lipinski definition) is 3. The fourth-order valence-electron chi connectivity index (χ4n) is 2.47. The molecule has 0 amide bonds. The molecule has 0 aromatic carbocycles. The van der Waals surface area contributed by atoms with Crippen molar-refractivity contribution in [3.8, 4) is 0 Å². The lowest BCUT2D eigenvalue weighted by Gasteiger charge is -2.23. The van der Waals surface area contributed by atoms with E-state index in [1.165, 1.54) is 31.5 Å². The number of imidazole rings is 1. The van der Waals surface area contributed by atoms with Crippen LogP contribution in [-0.2, 0) is 17.7 Å². The molecule has 4 heteroatoms. The van der Waals surface area contributed by atoms with Crippen molar-refractivity contribution < 1.29 is 4.74 Å². The van der Waals surface area contributed by atoms with Crippen molar-refractivity contribution in [2.24, 2.45) is 0 Å². The topological polar surface area (TPSA) is 39.1 Å². The van der Waals surface area contributed by atoms with E-state index in [0.29, 0.717) is 6.04 Å². The number of aromatic nitrogens is 2. The molecule has 2 rings (SSSR count). The van der Waals surface area contributed by atoms with Gasteiger partial charge in [0, 0.05) is 44.6 Å². The smallest absolute Gasteiger partial charge is 0.108 e. The Balaban J connectivity index is 1.55. The molecule has 1 saturated heterocycles. The molecule has 0 radical (unpaired) electrons. The first-order valence-corrected chi connectivity index (χ1v) is 7.21. The molecule has 102 valence electrons. The summed E-state index contributed by atoms with van der Waals surface area (Å²) in [6.07, 6.45) is 9.80. The first-order valence-electron chi connectivity index (χ1n) is 7.21. The largest absolute Gasteiger partial charge is 0.381 e. The number of hydrogen-bond donors (Lipinski definition) is 1. The van der Waals surface area contributed by atoms with Crippen LogP contribution in [0.5, 0.6) is 0 Å². The average Bonchev–Trinajstić information content (AvgIpc) is 2.87. The fraction of sp³-hybridized carbons (Fsp3) is 0.786. The maximum absolute atomic E-state index is 5.35. The van der Waals surface area contributed by atoms with Crippen molar-refractivity contribution in [2.45, 2.75) is 51.6 Å². The molecule has 1 aromatic heterocycles. The second-order valence-electron chi connectivity index (χ2n) is 4.94. The molecule has 4 nitrogen and oxygen atoms in total. The average molecular weight is 251 g/mol. The zero-order chi connectivity index (χ0) is 12.6. The lowest BCUT2D eigenvalue weighted by molar-refractivity contribution is 0.0780. The van der Waals surface area contributed by atoms with Crippen molar-refractivity contribution in [1.29, 1.82) is 0 Å². The van der Waals surface area contributed by atoms with Crippen molar-refractivity contribution in [1.82, 2.24) is 14.9 Å². The molecule has 1 fully saturated rings. The van der Waals surface area contributed by atoms with E-state index in [0.717, 1.165) is 32.7 Å². The van der Waals surface area contributed by atoms with Gasteiger partial charge in [0.1, 0.15) is 5.82 Å². The standard InChI is InChI=1S/C14H25N3O/c1-2-14-16-8-10-17(14)9-4-3-7-15-13-5-11-18-12-6-13/h8,10,13,15H,2-7,9,11-12H2,1H3. The van der Waals surface area contributed by atoms with Gasteiger partial charge in [-0.15, -0.1) is 0 Å². The van der Waals surface area contributed by atoms with Crippen LogP contribution in [0.15, 0.2) is 12.4 Å². The van der Waals surface area contributed by atoms with Crippen LogP contribution in [0.1, 0.15) is 38.4 Å². The molecule has 1 aromatic rings. The summed E-state index contributed by atoms with van der Waals surface area (Å²) in [5.41, 5.74) is 0. The van der Waals surface area contributed by atoms with E-state index in [4.69, 9.17) is 4.74 Å². The summed E-state index contributed by atoms with van der Waals surface area (Å²) in [5.74, 6) is 1.20. The van der Waals surface area contributed by atoms with Gasteiger partial charge in [-0.2, -0.15) is 0 Å². The van der Waals surface area contributed by atoms with Crippen molar-refractivity contribution in [2.75, 3.05) is 19.8 Å². The van der Waals surface area contributed by atoms with Gasteiger partial charge < -0.3 is 14.6 Å². The van der Waals surface area contributed by atoms with Crippen LogP contribution in [0, 0.1) is 0 Å². The predicted molar refractivity (Wildman–Crippen MR) is 72.7 cm³/mol. The molecule has 1 aliphatic heterocycles. The molecular formula is C14H25N3O. The Morgan fingerprint density at radius 3 is 3.00 bits per heavy atom. The molecule has 18 heavy (non-hydrogen) atoms. The molecular weight excluding hydrogens is 226 g/mol. The fourth-order valence-corrected chi connectivity index (χ4v) is 2.47. The van der Waals surface area contributed by atoms with Crippen LogP contribution in [-0.4, -0.2) is 35.4 Å². The predicted octanol–water partition coefficient (Wildman–Crippen LogP) is 1.99. The van der Waals surface area contributed by atoms with Gasteiger partial charge in [-0.05, 0) is 32.2 Å². The molecule has 1 aliphatic rings. The Kier molecular flexibility index (Phi) is 5.68. The van der Waals surface area contributed by atoms with E-state index >= 15 is 0 Å². The number of ether oxygens (including phenoxy) is 1.